The lowest BCUT2D eigenvalue weighted by Crippen LogP contribution is -2.27. The second-order valence-electron chi connectivity index (χ2n) is 4.68. The topological polar surface area (TPSA) is 29.1 Å². The molecule has 0 aliphatic carbocycles. The number of carbonyl (C=O) groups is 1. The summed E-state index contributed by atoms with van der Waals surface area (Å²) in [4.78, 5) is 11.8. The molecule has 0 unspecified atom stereocenters. The largest absolute Gasteiger partial charge is 0.351 e. The average Bonchev–Trinajstić information content (AvgIpc) is 2.44. The molecule has 2 aromatic carbocycles. The van der Waals surface area contributed by atoms with Crippen LogP contribution in [0.1, 0.15) is 28.8 Å². The molecule has 1 atom stereocenters. The van der Waals surface area contributed by atoms with Gasteiger partial charge in [0.25, 0.3) is 5.91 Å². The molecule has 4 heteroatoms. The average molecular weight is 275 g/mol. The van der Waals surface area contributed by atoms with Crippen LogP contribution in [0.15, 0.2) is 48.5 Å². The summed E-state index contributed by atoms with van der Waals surface area (Å²) in [5.74, 6) is -1.87. The molecule has 0 fully saturated rings. The molecule has 0 spiro atoms. The first-order valence-electron chi connectivity index (χ1n) is 6.35. The lowest BCUT2D eigenvalue weighted by molar-refractivity contribution is 0.0950. The standard InChI is InChI=1S/C16H15F2NO/c1-11(12-5-3-2-4-6-12)10-19-16(20)13-7-14(17)9-15(18)8-13/h2-9,11H,10H2,1H3,(H,19,20)/t11-/m0/s1. The van der Waals surface area contributed by atoms with Crippen molar-refractivity contribution in [2.24, 2.45) is 0 Å². The van der Waals surface area contributed by atoms with E-state index in [1.165, 1.54) is 0 Å². The van der Waals surface area contributed by atoms with Gasteiger partial charge >= 0.3 is 0 Å². The molecule has 0 saturated heterocycles. The number of benzene rings is 2. The Morgan fingerprint density at radius 2 is 1.70 bits per heavy atom. The molecule has 2 nitrogen and oxygen atoms in total. The zero-order valence-electron chi connectivity index (χ0n) is 11.1. The fourth-order valence-electron chi connectivity index (χ4n) is 1.93. The summed E-state index contributed by atoms with van der Waals surface area (Å²) in [5, 5.41) is 2.68. The third-order valence-electron chi connectivity index (χ3n) is 3.06. The fraction of sp³-hybridized carbons (Fsp3) is 0.188. The second kappa shape index (κ2) is 6.28. The fourth-order valence-corrected chi connectivity index (χ4v) is 1.93. The molecule has 0 saturated carbocycles. The van der Waals surface area contributed by atoms with Gasteiger partial charge in [-0.3, -0.25) is 4.79 Å². The summed E-state index contributed by atoms with van der Waals surface area (Å²) >= 11 is 0. The summed E-state index contributed by atoms with van der Waals surface area (Å²) in [6, 6.07) is 12.5. The number of halogens is 2. The van der Waals surface area contributed by atoms with E-state index in [0.29, 0.717) is 6.54 Å². The quantitative estimate of drug-likeness (QED) is 0.909. The van der Waals surface area contributed by atoms with Gasteiger partial charge in [-0.15, -0.1) is 0 Å². The highest BCUT2D eigenvalue weighted by molar-refractivity contribution is 5.94. The zero-order chi connectivity index (χ0) is 14.5. The van der Waals surface area contributed by atoms with Gasteiger partial charge in [-0.05, 0) is 23.6 Å². The van der Waals surface area contributed by atoms with Gasteiger partial charge in [0.2, 0.25) is 0 Å². The SMILES string of the molecule is C[C@@H](CNC(=O)c1cc(F)cc(F)c1)c1ccccc1. The first-order chi connectivity index (χ1) is 9.56. The first-order valence-corrected chi connectivity index (χ1v) is 6.35. The smallest absolute Gasteiger partial charge is 0.251 e. The summed E-state index contributed by atoms with van der Waals surface area (Å²) < 4.78 is 26.1. The monoisotopic (exact) mass is 275 g/mol. The third kappa shape index (κ3) is 3.63. The molecule has 0 aliphatic rings. The Morgan fingerprint density at radius 3 is 2.30 bits per heavy atom. The molecule has 2 aromatic rings. The molecule has 0 aliphatic heterocycles. The maximum absolute atomic E-state index is 13.0. The van der Waals surface area contributed by atoms with Crippen molar-refractivity contribution in [3.05, 3.63) is 71.3 Å². The Labute approximate surface area is 116 Å². The predicted octanol–water partition coefficient (Wildman–Crippen LogP) is 3.50. The summed E-state index contributed by atoms with van der Waals surface area (Å²) in [6.45, 7) is 2.38. The summed E-state index contributed by atoms with van der Waals surface area (Å²) in [7, 11) is 0. The van der Waals surface area contributed by atoms with Crippen LogP contribution < -0.4 is 5.32 Å². The predicted molar refractivity (Wildman–Crippen MR) is 73.5 cm³/mol. The van der Waals surface area contributed by atoms with Crippen LogP contribution in [0.4, 0.5) is 8.78 Å². The molecule has 20 heavy (non-hydrogen) atoms. The van der Waals surface area contributed by atoms with Crippen molar-refractivity contribution >= 4 is 5.91 Å². The van der Waals surface area contributed by atoms with E-state index >= 15 is 0 Å². The number of carbonyl (C=O) groups excluding carboxylic acids is 1. The van der Waals surface area contributed by atoms with E-state index < -0.39 is 17.5 Å². The van der Waals surface area contributed by atoms with Gasteiger partial charge in [0.15, 0.2) is 0 Å². The van der Waals surface area contributed by atoms with E-state index in [2.05, 4.69) is 5.32 Å². The van der Waals surface area contributed by atoms with Crippen molar-refractivity contribution in [3.8, 4) is 0 Å². The third-order valence-corrected chi connectivity index (χ3v) is 3.06. The normalized spacial score (nSPS) is 11.9. The number of hydrogen-bond donors (Lipinski definition) is 1. The van der Waals surface area contributed by atoms with E-state index in [1.807, 2.05) is 37.3 Å². The Balaban J connectivity index is 1.98. The highest BCUT2D eigenvalue weighted by Gasteiger charge is 2.11. The number of amides is 1. The van der Waals surface area contributed by atoms with Crippen LogP contribution in [-0.4, -0.2) is 12.5 Å². The molecule has 0 aromatic heterocycles. The van der Waals surface area contributed by atoms with E-state index in [-0.39, 0.29) is 11.5 Å². The van der Waals surface area contributed by atoms with Crippen molar-refractivity contribution in [1.29, 1.82) is 0 Å². The molecular formula is C16H15F2NO. The maximum Gasteiger partial charge on any atom is 0.251 e. The first kappa shape index (κ1) is 14.2. The molecule has 0 heterocycles. The minimum Gasteiger partial charge on any atom is -0.351 e. The molecule has 0 bridgehead atoms. The van der Waals surface area contributed by atoms with Gasteiger partial charge in [-0.2, -0.15) is 0 Å². The molecule has 2 rings (SSSR count). The van der Waals surface area contributed by atoms with Crippen LogP contribution in [0, 0.1) is 11.6 Å². The lowest BCUT2D eigenvalue weighted by atomic mass is 10.0. The van der Waals surface area contributed by atoms with Crippen molar-refractivity contribution in [2.45, 2.75) is 12.8 Å². The van der Waals surface area contributed by atoms with Crippen molar-refractivity contribution < 1.29 is 13.6 Å². The van der Waals surface area contributed by atoms with Crippen molar-refractivity contribution in [1.82, 2.24) is 5.32 Å². The van der Waals surface area contributed by atoms with Crippen LogP contribution in [0.5, 0.6) is 0 Å². The van der Waals surface area contributed by atoms with Gasteiger partial charge in [0, 0.05) is 18.2 Å². The van der Waals surface area contributed by atoms with Crippen LogP contribution in [-0.2, 0) is 0 Å². The highest BCUT2D eigenvalue weighted by Crippen LogP contribution is 2.14. The van der Waals surface area contributed by atoms with Gasteiger partial charge < -0.3 is 5.32 Å². The van der Waals surface area contributed by atoms with Gasteiger partial charge in [0.05, 0.1) is 0 Å². The minimum absolute atomic E-state index is 0.0113. The highest BCUT2D eigenvalue weighted by atomic mass is 19.1. The second-order valence-corrected chi connectivity index (χ2v) is 4.68. The number of rotatable bonds is 4. The van der Waals surface area contributed by atoms with Crippen LogP contribution in [0.2, 0.25) is 0 Å². The number of nitrogens with one attached hydrogen (secondary N) is 1. The van der Waals surface area contributed by atoms with E-state index in [9.17, 15) is 13.6 Å². The minimum atomic E-state index is -0.758. The summed E-state index contributed by atoms with van der Waals surface area (Å²) in [5.41, 5.74) is 1.08. The zero-order valence-corrected chi connectivity index (χ0v) is 11.1. The van der Waals surface area contributed by atoms with Crippen molar-refractivity contribution in [3.63, 3.8) is 0 Å². The Morgan fingerprint density at radius 1 is 1.10 bits per heavy atom. The summed E-state index contributed by atoms with van der Waals surface area (Å²) in [6.07, 6.45) is 0. The Bertz CT molecular complexity index is 578. The van der Waals surface area contributed by atoms with E-state index in [4.69, 9.17) is 0 Å². The van der Waals surface area contributed by atoms with E-state index in [1.54, 1.807) is 0 Å². The maximum atomic E-state index is 13.0. The van der Waals surface area contributed by atoms with Crippen LogP contribution in [0.25, 0.3) is 0 Å². The van der Waals surface area contributed by atoms with Gasteiger partial charge in [-0.25, -0.2) is 8.78 Å². The van der Waals surface area contributed by atoms with Gasteiger partial charge in [0.1, 0.15) is 11.6 Å². The molecular weight excluding hydrogens is 260 g/mol. The molecule has 1 N–H and O–H groups in total. The van der Waals surface area contributed by atoms with Crippen LogP contribution >= 0.6 is 0 Å². The van der Waals surface area contributed by atoms with Gasteiger partial charge in [-0.1, -0.05) is 37.3 Å². The molecule has 0 radical (unpaired) electrons. The Kier molecular flexibility index (Phi) is 4.45. The van der Waals surface area contributed by atoms with Crippen LogP contribution in [0.3, 0.4) is 0 Å². The molecule has 1 amide bonds. The Hall–Kier alpha value is -2.23. The number of hydrogen-bond acceptors (Lipinski definition) is 1. The van der Waals surface area contributed by atoms with Crippen molar-refractivity contribution in [2.75, 3.05) is 6.54 Å². The van der Waals surface area contributed by atoms with E-state index in [0.717, 1.165) is 23.8 Å². The molecule has 104 valence electrons. The lowest BCUT2D eigenvalue weighted by Gasteiger charge is -2.13.